The van der Waals surface area contributed by atoms with Crippen LogP contribution >= 0.6 is 0 Å². The Balaban J connectivity index is 2.16. The smallest absolute Gasteiger partial charge is 0.0559 e. The zero-order valence-corrected chi connectivity index (χ0v) is 13.0. The van der Waals surface area contributed by atoms with Gasteiger partial charge in [0.2, 0.25) is 0 Å². The fourth-order valence-electron chi connectivity index (χ4n) is 3.01. The van der Waals surface area contributed by atoms with Gasteiger partial charge in [0.25, 0.3) is 0 Å². The molecule has 0 saturated carbocycles. The fraction of sp³-hybridized carbons (Fsp3) is 0.263. The molecule has 0 aliphatic rings. The molecule has 0 saturated heterocycles. The van der Waals surface area contributed by atoms with Crippen molar-refractivity contribution in [1.29, 1.82) is 0 Å². The van der Waals surface area contributed by atoms with E-state index in [0.717, 1.165) is 13.1 Å². The molecule has 0 spiro atoms. The van der Waals surface area contributed by atoms with Gasteiger partial charge in [-0.15, -0.1) is 0 Å². The highest BCUT2D eigenvalue weighted by Gasteiger charge is 2.09. The Morgan fingerprint density at radius 1 is 1.10 bits per heavy atom. The molecule has 0 unspecified atom stereocenters. The number of nitrogens with one attached hydrogen (secondary N) is 1. The highest BCUT2D eigenvalue weighted by atomic mass is 14.9. The molecule has 0 atom stereocenters. The van der Waals surface area contributed by atoms with Gasteiger partial charge in [0, 0.05) is 30.2 Å². The molecule has 0 bridgehead atoms. The lowest BCUT2D eigenvalue weighted by Crippen LogP contribution is -2.06. The van der Waals surface area contributed by atoms with E-state index in [4.69, 9.17) is 0 Å². The Hall–Kier alpha value is -2.06. The normalized spacial score (nSPS) is 11.2. The first-order valence-electron chi connectivity index (χ1n) is 7.57. The van der Waals surface area contributed by atoms with E-state index < -0.39 is 0 Å². The van der Waals surface area contributed by atoms with Gasteiger partial charge in [0.05, 0.1) is 5.52 Å². The molecular formula is C19H22N2. The van der Waals surface area contributed by atoms with Crippen LogP contribution in [0.25, 0.3) is 22.0 Å². The van der Waals surface area contributed by atoms with Crippen LogP contribution in [0.3, 0.4) is 0 Å². The van der Waals surface area contributed by atoms with Gasteiger partial charge in [0.15, 0.2) is 0 Å². The first-order chi connectivity index (χ1) is 10.2. The van der Waals surface area contributed by atoms with Crippen LogP contribution in [0, 0.1) is 6.92 Å². The van der Waals surface area contributed by atoms with E-state index in [1.165, 1.54) is 33.2 Å². The molecule has 0 aliphatic heterocycles. The summed E-state index contributed by atoms with van der Waals surface area (Å²) in [7, 11) is 1.99. The maximum atomic E-state index is 3.22. The highest BCUT2D eigenvalue weighted by molar-refractivity contribution is 5.94. The Morgan fingerprint density at radius 2 is 1.95 bits per heavy atom. The van der Waals surface area contributed by atoms with Gasteiger partial charge in [-0.3, -0.25) is 0 Å². The molecule has 1 N–H and O–H groups in total. The third kappa shape index (κ3) is 2.47. The summed E-state index contributed by atoms with van der Waals surface area (Å²) in [6.45, 7) is 6.30. The van der Waals surface area contributed by atoms with Crippen LogP contribution < -0.4 is 5.32 Å². The molecule has 1 heterocycles. The van der Waals surface area contributed by atoms with E-state index in [0.29, 0.717) is 0 Å². The van der Waals surface area contributed by atoms with Crippen LogP contribution in [-0.2, 0) is 13.1 Å². The highest BCUT2D eigenvalue weighted by Crippen LogP contribution is 2.30. The Kier molecular flexibility index (Phi) is 3.80. The van der Waals surface area contributed by atoms with Gasteiger partial charge >= 0.3 is 0 Å². The summed E-state index contributed by atoms with van der Waals surface area (Å²) in [6, 6.07) is 15.5. The number of fused-ring (bicyclic) bond motifs is 1. The molecular weight excluding hydrogens is 256 g/mol. The summed E-state index contributed by atoms with van der Waals surface area (Å²) >= 11 is 0. The second-order valence-corrected chi connectivity index (χ2v) is 5.52. The minimum absolute atomic E-state index is 0.918. The Morgan fingerprint density at radius 3 is 2.67 bits per heavy atom. The topological polar surface area (TPSA) is 17.0 Å². The van der Waals surface area contributed by atoms with Crippen molar-refractivity contribution in [2.75, 3.05) is 7.05 Å². The van der Waals surface area contributed by atoms with Gasteiger partial charge in [-0.25, -0.2) is 0 Å². The molecule has 21 heavy (non-hydrogen) atoms. The first kappa shape index (κ1) is 13.9. The third-order valence-electron chi connectivity index (χ3n) is 4.15. The van der Waals surface area contributed by atoms with Crippen LogP contribution in [-0.4, -0.2) is 11.6 Å². The second-order valence-electron chi connectivity index (χ2n) is 5.52. The van der Waals surface area contributed by atoms with Gasteiger partial charge in [-0.2, -0.15) is 0 Å². The lowest BCUT2D eigenvalue weighted by Gasteiger charge is -2.11. The number of benzene rings is 2. The summed E-state index contributed by atoms with van der Waals surface area (Å²) in [5, 5.41) is 4.54. The van der Waals surface area contributed by atoms with Crippen LogP contribution in [0.15, 0.2) is 48.7 Å². The molecule has 0 fully saturated rings. The number of para-hydroxylation sites is 1. The quantitative estimate of drug-likeness (QED) is 0.750. The van der Waals surface area contributed by atoms with Gasteiger partial charge < -0.3 is 9.88 Å². The zero-order chi connectivity index (χ0) is 14.8. The van der Waals surface area contributed by atoms with Crippen molar-refractivity contribution in [2.24, 2.45) is 0 Å². The van der Waals surface area contributed by atoms with E-state index in [2.05, 4.69) is 72.4 Å². The van der Waals surface area contributed by atoms with E-state index in [1.54, 1.807) is 0 Å². The molecule has 2 heteroatoms. The summed E-state index contributed by atoms with van der Waals surface area (Å²) < 4.78 is 2.32. The van der Waals surface area contributed by atoms with Crippen molar-refractivity contribution in [3.05, 3.63) is 59.8 Å². The number of aryl methyl sites for hydroxylation is 2. The minimum atomic E-state index is 0.918. The summed E-state index contributed by atoms with van der Waals surface area (Å²) in [5.41, 5.74) is 6.65. The van der Waals surface area contributed by atoms with E-state index in [1.807, 2.05) is 7.05 Å². The van der Waals surface area contributed by atoms with Crippen molar-refractivity contribution in [1.82, 2.24) is 9.88 Å². The van der Waals surface area contributed by atoms with Crippen LogP contribution in [0.1, 0.15) is 18.1 Å². The van der Waals surface area contributed by atoms with Gasteiger partial charge in [0.1, 0.15) is 0 Å². The van der Waals surface area contributed by atoms with Crippen LogP contribution in [0.4, 0.5) is 0 Å². The molecule has 0 amide bonds. The van der Waals surface area contributed by atoms with Crippen molar-refractivity contribution in [2.45, 2.75) is 26.9 Å². The van der Waals surface area contributed by atoms with Crippen molar-refractivity contribution in [3.63, 3.8) is 0 Å². The van der Waals surface area contributed by atoms with Crippen molar-refractivity contribution >= 4 is 10.9 Å². The lowest BCUT2D eigenvalue weighted by atomic mass is 9.98. The van der Waals surface area contributed by atoms with Gasteiger partial charge in [-0.1, -0.05) is 36.4 Å². The summed E-state index contributed by atoms with van der Waals surface area (Å²) in [6.07, 6.45) is 2.18. The average molecular weight is 278 g/mol. The average Bonchev–Trinajstić information content (AvgIpc) is 2.92. The number of hydrogen-bond donors (Lipinski definition) is 1. The number of nitrogens with zero attached hydrogens (tertiary/aromatic N) is 1. The molecule has 3 aromatic rings. The molecule has 2 nitrogen and oxygen atoms in total. The summed E-state index contributed by atoms with van der Waals surface area (Å²) in [4.78, 5) is 0. The lowest BCUT2D eigenvalue weighted by molar-refractivity contribution is 0.798. The third-order valence-corrected chi connectivity index (χ3v) is 4.15. The molecule has 1 aromatic heterocycles. The SMILES string of the molecule is CCn1ccc2cccc(-c3ccc(CNC)c(C)c3)c21. The van der Waals surface area contributed by atoms with Gasteiger partial charge in [-0.05, 0) is 43.7 Å². The summed E-state index contributed by atoms with van der Waals surface area (Å²) in [5.74, 6) is 0. The maximum Gasteiger partial charge on any atom is 0.0559 e. The largest absolute Gasteiger partial charge is 0.347 e. The number of aromatic nitrogens is 1. The number of rotatable bonds is 4. The maximum absolute atomic E-state index is 3.22. The van der Waals surface area contributed by atoms with E-state index in [-0.39, 0.29) is 0 Å². The van der Waals surface area contributed by atoms with Crippen LogP contribution in [0.2, 0.25) is 0 Å². The predicted molar refractivity (Wildman–Crippen MR) is 90.5 cm³/mol. The number of hydrogen-bond acceptors (Lipinski definition) is 1. The molecule has 0 radical (unpaired) electrons. The van der Waals surface area contributed by atoms with Crippen LogP contribution in [0.5, 0.6) is 0 Å². The van der Waals surface area contributed by atoms with Crippen molar-refractivity contribution in [3.8, 4) is 11.1 Å². The molecule has 3 rings (SSSR count). The second kappa shape index (κ2) is 5.74. The predicted octanol–water partition coefficient (Wildman–Crippen LogP) is 4.36. The molecule has 0 aliphatic carbocycles. The van der Waals surface area contributed by atoms with E-state index in [9.17, 15) is 0 Å². The van der Waals surface area contributed by atoms with E-state index >= 15 is 0 Å². The fourth-order valence-corrected chi connectivity index (χ4v) is 3.01. The molecule has 2 aromatic carbocycles. The Bertz CT molecular complexity index is 768. The first-order valence-corrected chi connectivity index (χ1v) is 7.57. The monoisotopic (exact) mass is 278 g/mol. The van der Waals surface area contributed by atoms with Crippen molar-refractivity contribution < 1.29 is 0 Å². The molecule has 108 valence electrons. The Labute approximate surface area is 126 Å². The minimum Gasteiger partial charge on any atom is -0.347 e. The standard InChI is InChI=1S/C19H22N2/c1-4-21-11-10-15-6-5-7-18(19(15)21)16-8-9-17(13-20-3)14(2)12-16/h5-12,20H,4,13H2,1-3H3. The zero-order valence-electron chi connectivity index (χ0n) is 13.0.